The molecular formula is C24H28ClFN4O3S2. The lowest BCUT2D eigenvalue weighted by Gasteiger charge is -2.40. The Kier molecular flexibility index (Phi) is 8.69. The molecule has 0 spiro atoms. The summed E-state index contributed by atoms with van der Waals surface area (Å²) < 4.78 is 13.3. The smallest absolute Gasteiger partial charge is 0.263 e. The van der Waals surface area contributed by atoms with Crippen LogP contribution in [0.4, 0.5) is 4.39 Å². The van der Waals surface area contributed by atoms with Gasteiger partial charge in [0, 0.05) is 31.1 Å². The van der Waals surface area contributed by atoms with Crippen LogP contribution in [0, 0.1) is 5.82 Å². The van der Waals surface area contributed by atoms with Crippen LogP contribution in [0.25, 0.3) is 0 Å². The third-order valence-corrected chi connectivity index (χ3v) is 8.66. The van der Waals surface area contributed by atoms with Crippen LogP contribution < -0.4 is 10.6 Å². The summed E-state index contributed by atoms with van der Waals surface area (Å²) in [6, 6.07) is 7.73. The van der Waals surface area contributed by atoms with Gasteiger partial charge in [0.1, 0.15) is 11.4 Å². The number of nitrogens with zero attached hydrogens (tertiary/aromatic N) is 2. The highest BCUT2D eigenvalue weighted by atomic mass is 35.5. The van der Waals surface area contributed by atoms with Crippen molar-refractivity contribution in [3.05, 3.63) is 51.4 Å². The van der Waals surface area contributed by atoms with Crippen molar-refractivity contribution < 1.29 is 18.8 Å². The minimum absolute atomic E-state index is 0.00402. The standard InChI is InChI=1S/C24H28ClFN4O3S2/c25-18-15-17(26)4-5-19(18)35-16-21(31)28-24(6-8-27-9-7-24)23(33)30-11-2-10-29(12-13-30)22(32)20-3-1-14-34-20/h1,3-5,14-15,27H,2,6-13,16H2,(H,28,31). The normalized spacial score (nSPS) is 18.1. The van der Waals surface area contributed by atoms with E-state index in [1.165, 1.54) is 35.2 Å². The topological polar surface area (TPSA) is 81.8 Å². The van der Waals surface area contributed by atoms with Crippen molar-refractivity contribution in [3.63, 3.8) is 0 Å². The highest BCUT2D eigenvalue weighted by molar-refractivity contribution is 8.00. The molecular weight excluding hydrogens is 511 g/mol. The monoisotopic (exact) mass is 538 g/mol. The zero-order valence-corrected chi connectivity index (χ0v) is 21.6. The van der Waals surface area contributed by atoms with Crippen molar-refractivity contribution in [2.24, 2.45) is 0 Å². The van der Waals surface area contributed by atoms with Crippen LogP contribution in [0.1, 0.15) is 28.9 Å². The third kappa shape index (κ3) is 6.35. The fourth-order valence-electron chi connectivity index (χ4n) is 4.47. The van der Waals surface area contributed by atoms with Gasteiger partial charge in [-0.1, -0.05) is 17.7 Å². The van der Waals surface area contributed by atoms with Crippen molar-refractivity contribution >= 4 is 52.4 Å². The molecule has 7 nitrogen and oxygen atoms in total. The quantitative estimate of drug-likeness (QED) is 0.552. The van der Waals surface area contributed by atoms with Gasteiger partial charge in [-0.25, -0.2) is 4.39 Å². The van der Waals surface area contributed by atoms with E-state index in [4.69, 9.17) is 11.6 Å². The van der Waals surface area contributed by atoms with Crippen LogP contribution in [0.3, 0.4) is 0 Å². The third-order valence-electron chi connectivity index (χ3n) is 6.30. The Morgan fingerprint density at radius 1 is 1.11 bits per heavy atom. The summed E-state index contributed by atoms with van der Waals surface area (Å²) in [5.41, 5.74) is -0.984. The number of carbonyl (C=O) groups excluding carboxylic acids is 3. The van der Waals surface area contributed by atoms with Gasteiger partial charge in [0.15, 0.2) is 0 Å². The Bertz CT molecular complexity index is 1060. The van der Waals surface area contributed by atoms with Crippen LogP contribution in [-0.4, -0.2) is 78.1 Å². The van der Waals surface area contributed by atoms with Gasteiger partial charge in [0.05, 0.1) is 15.7 Å². The molecule has 1 aromatic heterocycles. The zero-order valence-electron chi connectivity index (χ0n) is 19.2. The van der Waals surface area contributed by atoms with E-state index in [1.54, 1.807) is 15.9 Å². The molecule has 0 radical (unpaired) electrons. The molecule has 3 amide bonds. The molecule has 2 N–H and O–H groups in total. The Morgan fingerprint density at radius 3 is 2.57 bits per heavy atom. The summed E-state index contributed by atoms with van der Waals surface area (Å²) in [5, 5.41) is 8.41. The lowest BCUT2D eigenvalue weighted by molar-refractivity contribution is -0.142. The average Bonchev–Trinajstić information content (AvgIpc) is 3.28. The van der Waals surface area contributed by atoms with Crippen LogP contribution in [0.15, 0.2) is 40.6 Å². The second-order valence-electron chi connectivity index (χ2n) is 8.66. The first-order valence-corrected chi connectivity index (χ1v) is 13.8. The highest BCUT2D eigenvalue weighted by Crippen LogP contribution is 2.28. The van der Waals surface area contributed by atoms with Crippen molar-refractivity contribution in [1.82, 2.24) is 20.4 Å². The molecule has 0 unspecified atom stereocenters. The number of hydrogen-bond acceptors (Lipinski definition) is 6. The summed E-state index contributed by atoms with van der Waals surface area (Å²) >= 11 is 8.70. The first-order chi connectivity index (χ1) is 16.9. The number of nitrogens with one attached hydrogen (secondary N) is 2. The SMILES string of the molecule is O=C(CSc1ccc(F)cc1Cl)NC1(C(=O)N2CCCN(C(=O)c3cccs3)CC2)CCNCC1. The van der Waals surface area contributed by atoms with Gasteiger partial charge in [-0.15, -0.1) is 23.1 Å². The number of halogens is 2. The predicted octanol–water partition coefficient (Wildman–Crippen LogP) is 3.25. The van der Waals surface area contributed by atoms with Crippen molar-refractivity contribution in [2.75, 3.05) is 45.0 Å². The Morgan fingerprint density at radius 2 is 1.86 bits per heavy atom. The summed E-state index contributed by atoms with van der Waals surface area (Å²) in [5.74, 6) is -0.735. The number of hydrogen-bond donors (Lipinski definition) is 2. The second kappa shape index (κ2) is 11.7. The van der Waals surface area contributed by atoms with E-state index in [0.29, 0.717) is 68.3 Å². The Balaban J connectivity index is 1.40. The van der Waals surface area contributed by atoms with Crippen LogP contribution in [-0.2, 0) is 9.59 Å². The van der Waals surface area contributed by atoms with E-state index in [-0.39, 0.29) is 28.5 Å². The fraction of sp³-hybridized carbons (Fsp3) is 0.458. The van der Waals surface area contributed by atoms with Crippen molar-refractivity contribution in [1.29, 1.82) is 0 Å². The number of benzene rings is 1. The van der Waals surface area contributed by atoms with Crippen LogP contribution in [0.5, 0.6) is 0 Å². The lowest BCUT2D eigenvalue weighted by Crippen LogP contribution is -2.64. The fourth-order valence-corrected chi connectivity index (χ4v) is 6.21. The first kappa shape index (κ1) is 25.9. The van der Waals surface area contributed by atoms with E-state index in [1.807, 2.05) is 17.5 Å². The molecule has 11 heteroatoms. The van der Waals surface area contributed by atoms with Gasteiger partial charge < -0.3 is 20.4 Å². The number of thioether (sulfide) groups is 1. The maximum Gasteiger partial charge on any atom is 0.263 e. The molecule has 0 bridgehead atoms. The van der Waals surface area contributed by atoms with Crippen LogP contribution >= 0.6 is 34.7 Å². The minimum Gasteiger partial charge on any atom is -0.341 e. The van der Waals surface area contributed by atoms with Gasteiger partial charge in [-0.05, 0) is 62.0 Å². The summed E-state index contributed by atoms with van der Waals surface area (Å²) in [7, 11) is 0. The minimum atomic E-state index is -0.984. The summed E-state index contributed by atoms with van der Waals surface area (Å²) in [4.78, 5) is 44.3. The largest absolute Gasteiger partial charge is 0.341 e. The molecule has 188 valence electrons. The molecule has 0 aliphatic carbocycles. The molecule has 2 aliphatic heterocycles. The van der Waals surface area contributed by atoms with E-state index < -0.39 is 11.4 Å². The van der Waals surface area contributed by atoms with Gasteiger partial charge in [-0.3, -0.25) is 14.4 Å². The number of carbonyl (C=O) groups is 3. The Hall–Kier alpha value is -2.14. The molecule has 35 heavy (non-hydrogen) atoms. The molecule has 2 aliphatic rings. The number of amides is 3. The van der Waals surface area contributed by atoms with E-state index in [9.17, 15) is 18.8 Å². The molecule has 0 atom stereocenters. The molecule has 2 fully saturated rings. The van der Waals surface area contributed by atoms with Gasteiger partial charge in [-0.2, -0.15) is 0 Å². The van der Waals surface area contributed by atoms with E-state index in [0.717, 1.165) is 0 Å². The maximum atomic E-state index is 13.7. The number of piperidine rings is 1. The molecule has 0 saturated carbocycles. The molecule has 2 aromatic rings. The van der Waals surface area contributed by atoms with Crippen molar-refractivity contribution in [3.8, 4) is 0 Å². The van der Waals surface area contributed by atoms with Crippen molar-refractivity contribution in [2.45, 2.75) is 29.7 Å². The molecule has 3 heterocycles. The second-order valence-corrected chi connectivity index (χ2v) is 11.0. The lowest BCUT2D eigenvalue weighted by atomic mass is 9.86. The van der Waals surface area contributed by atoms with Gasteiger partial charge in [0.2, 0.25) is 11.8 Å². The van der Waals surface area contributed by atoms with E-state index in [2.05, 4.69) is 10.6 Å². The maximum absolute atomic E-state index is 13.7. The summed E-state index contributed by atoms with van der Waals surface area (Å²) in [6.07, 6.45) is 1.67. The van der Waals surface area contributed by atoms with Crippen LogP contribution in [0.2, 0.25) is 5.02 Å². The summed E-state index contributed by atoms with van der Waals surface area (Å²) in [6.45, 7) is 3.28. The first-order valence-electron chi connectivity index (χ1n) is 11.6. The predicted molar refractivity (Wildman–Crippen MR) is 137 cm³/mol. The number of rotatable bonds is 6. The zero-order chi connectivity index (χ0) is 24.8. The molecule has 1 aromatic carbocycles. The highest BCUT2D eigenvalue weighted by Gasteiger charge is 2.43. The van der Waals surface area contributed by atoms with Gasteiger partial charge in [0.25, 0.3) is 5.91 Å². The Labute approximate surface area is 217 Å². The average molecular weight is 539 g/mol. The number of thiophene rings is 1. The molecule has 2 saturated heterocycles. The van der Waals surface area contributed by atoms with Gasteiger partial charge >= 0.3 is 0 Å². The molecule has 4 rings (SSSR count). The van der Waals surface area contributed by atoms with E-state index >= 15 is 0 Å².